The maximum atomic E-state index is 2.31. The fourth-order valence-electron chi connectivity index (χ4n) is 1.39. The van der Waals surface area contributed by atoms with E-state index in [9.17, 15) is 0 Å². The van der Waals surface area contributed by atoms with Gasteiger partial charge >= 0.3 is 0 Å². The Morgan fingerprint density at radius 1 is 0.941 bits per heavy atom. The highest BCUT2D eigenvalue weighted by Gasteiger charge is 2.08. The molecule has 0 aliphatic rings. The van der Waals surface area contributed by atoms with Crippen molar-refractivity contribution >= 4 is 23.5 Å². The monoisotopic (exact) mass is 268 g/mol. The van der Waals surface area contributed by atoms with Crippen LogP contribution in [-0.2, 0) is 0 Å². The molecular weight excluding hydrogens is 244 g/mol. The zero-order valence-electron chi connectivity index (χ0n) is 11.2. The van der Waals surface area contributed by atoms with E-state index in [-0.39, 0.29) is 0 Å². The molecule has 0 aromatic heterocycles. The number of thioether (sulfide) groups is 2. The van der Waals surface area contributed by atoms with Gasteiger partial charge < -0.3 is 0 Å². The van der Waals surface area contributed by atoms with Gasteiger partial charge in [-0.1, -0.05) is 39.0 Å². The molecule has 0 aliphatic heterocycles. The van der Waals surface area contributed by atoms with Gasteiger partial charge in [0.2, 0.25) is 0 Å². The zero-order valence-corrected chi connectivity index (χ0v) is 12.9. The van der Waals surface area contributed by atoms with E-state index < -0.39 is 0 Å². The van der Waals surface area contributed by atoms with Crippen molar-refractivity contribution in [2.45, 2.75) is 38.5 Å². The minimum absolute atomic E-state index is 0.476. The van der Waals surface area contributed by atoms with Gasteiger partial charge in [0.25, 0.3) is 0 Å². The second-order valence-corrected chi connectivity index (χ2v) is 7.76. The Kier molecular flexibility index (Phi) is 7.14. The summed E-state index contributed by atoms with van der Waals surface area (Å²) >= 11 is 4.07. The summed E-state index contributed by atoms with van der Waals surface area (Å²) in [6, 6.07) is 10.7. The maximum absolute atomic E-state index is 2.31. The molecule has 0 amide bonds. The number of benzene rings is 1. The van der Waals surface area contributed by atoms with Crippen LogP contribution < -0.4 is 0 Å². The van der Waals surface area contributed by atoms with E-state index in [0.717, 1.165) is 0 Å². The van der Waals surface area contributed by atoms with Crippen molar-refractivity contribution in [2.75, 3.05) is 17.3 Å². The Labute approximate surface area is 115 Å². The summed E-state index contributed by atoms with van der Waals surface area (Å²) < 4.78 is 0. The molecule has 0 atom stereocenters. The van der Waals surface area contributed by atoms with Crippen LogP contribution >= 0.6 is 23.5 Å². The van der Waals surface area contributed by atoms with Gasteiger partial charge in [0.15, 0.2) is 0 Å². The van der Waals surface area contributed by atoms with E-state index >= 15 is 0 Å². The normalized spacial score (nSPS) is 11.7. The van der Waals surface area contributed by atoms with Crippen molar-refractivity contribution in [3.63, 3.8) is 0 Å². The summed E-state index contributed by atoms with van der Waals surface area (Å²) in [6.45, 7) is 6.93. The lowest BCUT2D eigenvalue weighted by Crippen LogP contribution is -2.08. The summed E-state index contributed by atoms with van der Waals surface area (Å²) in [5.41, 5.74) is 0.476. The second-order valence-electron chi connectivity index (χ2n) is 5.48. The summed E-state index contributed by atoms with van der Waals surface area (Å²) in [5, 5.41) is 0. The third-order valence-corrected chi connectivity index (χ3v) is 4.98. The van der Waals surface area contributed by atoms with Gasteiger partial charge in [0.05, 0.1) is 0 Å². The summed E-state index contributed by atoms with van der Waals surface area (Å²) in [5.74, 6) is 3.84. The first-order chi connectivity index (χ1) is 8.08. The van der Waals surface area contributed by atoms with Crippen molar-refractivity contribution in [1.82, 2.24) is 0 Å². The highest BCUT2D eigenvalue weighted by atomic mass is 32.2. The molecule has 0 N–H and O–H groups in total. The lowest BCUT2D eigenvalue weighted by atomic mass is 10.0. The molecule has 0 fully saturated rings. The molecule has 0 nitrogen and oxygen atoms in total. The Balaban J connectivity index is 1.95. The Morgan fingerprint density at radius 2 is 1.59 bits per heavy atom. The number of hydrogen-bond acceptors (Lipinski definition) is 2. The highest BCUT2D eigenvalue weighted by Crippen LogP contribution is 2.22. The molecule has 0 saturated carbocycles. The van der Waals surface area contributed by atoms with Gasteiger partial charge in [-0.25, -0.2) is 0 Å². The molecule has 0 heterocycles. The molecule has 0 aliphatic carbocycles. The van der Waals surface area contributed by atoms with Crippen molar-refractivity contribution in [3.05, 3.63) is 30.3 Å². The fourth-order valence-corrected chi connectivity index (χ4v) is 3.49. The van der Waals surface area contributed by atoms with Gasteiger partial charge in [-0.15, -0.1) is 11.8 Å². The van der Waals surface area contributed by atoms with Crippen LogP contribution in [0.2, 0.25) is 0 Å². The first-order valence-electron chi connectivity index (χ1n) is 6.33. The van der Waals surface area contributed by atoms with Crippen LogP contribution in [0.15, 0.2) is 35.2 Å². The summed E-state index contributed by atoms with van der Waals surface area (Å²) in [6.07, 6.45) is 2.68. The lowest BCUT2D eigenvalue weighted by molar-refractivity contribution is 0.480. The molecule has 1 aromatic carbocycles. The molecule has 0 spiro atoms. The molecule has 0 bridgehead atoms. The molecule has 2 heteroatoms. The van der Waals surface area contributed by atoms with Gasteiger partial charge in [0.1, 0.15) is 0 Å². The van der Waals surface area contributed by atoms with Crippen molar-refractivity contribution < 1.29 is 0 Å². The van der Waals surface area contributed by atoms with Crippen LogP contribution in [0.4, 0.5) is 0 Å². The Hall–Kier alpha value is -0.0800. The second kappa shape index (κ2) is 8.10. The fraction of sp³-hybridized carbons (Fsp3) is 0.600. The molecule has 0 unspecified atom stereocenters. The Bertz CT molecular complexity index is 288. The van der Waals surface area contributed by atoms with E-state index in [4.69, 9.17) is 0 Å². The average Bonchev–Trinajstić information content (AvgIpc) is 2.28. The number of unbranched alkanes of at least 4 members (excludes halogenated alkanes) is 1. The van der Waals surface area contributed by atoms with E-state index in [0.29, 0.717) is 5.41 Å². The Morgan fingerprint density at radius 3 is 2.24 bits per heavy atom. The first kappa shape index (κ1) is 15.0. The van der Waals surface area contributed by atoms with E-state index in [1.54, 1.807) is 0 Å². The average molecular weight is 268 g/mol. The third-order valence-electron chi connectivity index (χ3n) is 2.23. The standard InChI is InChI=1S/C15H24S2/c1-15(2,3)13-16-11-7-8-12-17-14-9-5-4-6-10-14/h4-6,9-10H,7-8,11-13H2,1-3H3. The van der Waals surface area contributed by atoms with Crippen LogP contribution in [0.3, 0.4) is 0 Å². The van der Waals surface area contributed by atoms with Crippen LogP contribution in [-0.4, -0.2) is 17.3 Å². The predicted octanol–water partition coefficient (Wildman–Crippen LogP) is 5.34. The largest absolute Gasteiger partial charge is 0.161 e. The van der Waals surface area contributed by atoms with Crippen LogP contribution in [0.25, 0.3) is 0 Å². The molecule has 0 radical (unpaired) electrons. The van der Waals surface area contributed by atoms with E-state index in [2.05, 4.69) is 62.9 Å². The summed E-state index contributed by atoms with van der Waals surface area (Å²) in [7, 11) is 0. The number of rotatable bonds is 7. The molecule has 1 rings (SSSR count). The highest BCUT2D eigenvalue weighted by molar-refractivity contribution is 7.99. The van der Waals surface area contributed by atoms with E-state index in [1.165, 1.54) is 35.0 Å². The minimum atomic E-state index is 0.476. The van der Waals surface area contributed by atoms with Crippen LogP contribution in [0.5, 0.6) is 0 Å². The lowest BCUT2D eigenvalue weighted by Gasteiger charge is -2.16. The summed E-state index contributed by atoms with van der Waals surface area (Å²) in [4.78, 5) is 1.40. The third kappa shape index (κ3) is 8.62. The van der Waals surface area contributed by atoms with Gasteiger partial charge in [-0.3, -0.25) is 0 Å². The first-order valence-corrected chi connectivity index (χ1v) is 8.47. The van der Waals surface area contributed by atoms with Gasteiger partial charge in [-0.05, 0) is 47.6 Å². The van der Waals surface area contributed by atoms with Crippen molar-refractivity contribution in [1.29, 1.82) is 0 Å². The van der Waals surface area contributed by atoms with Gasteiger partial charge in [-0.2, -0.15) is 11.8 Å². The zero-order chi connectivity index (χ0) is 12.6. The SMILES string of the molecule is CC(C)(C)CSCCCCSc1ccccc1. The number of hydrogen-bond donors (Lipinski definition) is 0. The smallest absolute Gasteiger partial charge is 0.00719 e. The molecule has 0 saturated heterocycles. The quantitative estimate of drug-likeness (QED) is 0.484. The molecule has 17 heavy (non-hydrogen) atoms. The predicted molar refractivity (Wildman–Crippen MR) is 83.2 cm³/mol. The molecular formula is C15H24S2. The maximum Gasteiger partial charge on any atom is 0.00719 e. The molecule has 1 aromatic rings. The van der Waals surface area contributed by atoms with Crippen molar-refractivity contribution in [2.24, 2.45) is 5.41 Å². The topological polar surface area (TPSA) is 0 Å². The molecule has 96 valence electrons. The van der Waals surface area contributed by atoms with E-state index in [1.807, 2.05) is 11.8 Å². The van der Waals surface area contributed by atoms with Crippen LogP contribution in [0, 0.1) is 5.41 Å². The van der Waals surface area contributed by atoms with Gasteiger partial charge in [0, 0.05) is 4.90 Å². The van der Waals surface area contributed by atoms with Crippen molar-refractivity contribution in [3.8, 4) is 0 Å². The van der Waals surface area contributed by atoms with Crippen LogP contribution in [0.1, 0.15) is 33.6 Å². The minimum Gasteiger partial charge on any atom is -0.161 e.